The first kappa shape index (κ1) is 13.5. The number of hydrogen-bond donors (Lipinski definition) is 1. The molecule has 7 heteroatoms. The first-order valence-corrected chi connectivity index (χ1v) is 7.99. The van der Waals surface area contributed by atoms with E-state index in [0.717, 1.165) is 6.42 Å². The Morgan fingerprint density at radius 2 is 2.22 bits per heavy atom. The third-order valence-electron chi connectivity index (χ3n) is 3.10. The fourth-order valence-corrected chi connectivity index (χ4v) is 3.91. The van der Waals surface area contributed by atoms with Crippen LogP contribution in [0.1, 0.15) is 50.4 Å². The van der Waals surface area contributed by atoms with Crippen LogP contribution in [0.4, 0.5) is 0 Å². The zero-order valence-electron chi connectivity index (χ0n) is 10.7. The summed E-state index contributed by atoms with van der Waals surface area (Å²) in [5, 5.41) is 3.86. The summed E-state index contributed by atoms with van der Waals surface area (Å²) in [5.41, 5.74) is 5.95. The summed E-state index contributed by atoms with van der Waals surface area (Å²) in [6.07, 6.45) is 1.34. The molecule has 0 spiro atoms. The largest absolute Gasteiger partial charge is 0.338 e. The zero-order valence-corrected chi connectivity index (χ0v) is 11.5. The van der Waals surface area contributed by atoms with Gasteiger partial charge in [-0.05, 0) is 18.8 Å². The Labute approximate surface area is 107 Å². The van der Waals surface area contributed by atoms with Crippen molar-refractivity contribution in [1.82, 2.24) is 10.1 Å². The number of rotatable bonds is 4. The number of aromatic nitrogens is 2. The van der Waals surface area contributed by atoms with Gasteiger partial charge in [0.15, 0.2) is 15.7 Å². The molecule has 0 saturated carbocycles. The summed E-state index contributed by atoms with van der Waals surface area (Å²) in [7, 11) is -2.93. The van der Waals surface area contributed by atoms with E-state index in [1.807, 2.05) is 0 Å². The standard InChI is InChI=1S/C11H19N3O3S/c1-7(2)5-9(12)11-13-10(14-17-11)8-3-4-18(15,16)6-8/h7-9H,3-6,12H2,1-2H3/t8?,9-/m1/s1. The van der Waals surface area contributed by atoms with Crippen molar-refractivity contribution in [1.29, 1.82) is 0 Å². The third-order valence-corrected chi connectivity index (χ3v) is 4.87. The lowest BCUT2D eigenvalue weighted by Crippen LogP contribution is -2.13. The molecule has 0 aliphatic carbocycles. The predicted octanol–water partition coefficient (Wildman–Crippen LogP) is 1.02. The van der Waals surface area contributed by atoms with Gasteiger partial charge in [0.1, 0.15) is 0 Å². The van der Waals surface area contributed by atoms with Crippen LogP contribution in [-0.4, -0.2) is 30.1 Å². The van der Waals surface area contributed by atoms with Crippen molar-refractivity contribution in [3.05, 3.63) is 11.7 Å². The van der Waals surface area contributed by atoms with E-state index < -0.39 is 9.84 Å². The fraction of sp³-hybridized carbons (Fsp3) is 0.818. The van der Waals surface area contributed by atoms with Crippen molar-refractivity contribution in [3.8, 4) is 0 Å². The summed E-state index contributed by atoms with van der Waals surface area (Å²) in [4.78, 5) is 4.24. The van der Waals surface area contributed by atoms with Gasteiger partial charge in [0.05, 0.1) is 17.5 Å². The summed E-state index contributed by atoms with van der Waals surface area (Å²) in [6.45, 7) is 4.14. The molecule has 0 bridgehead atoms. The Balaban J connectivity index is 2.07. The van der Waals surface area contributed by atoms with Crippen molar-refractivity contribution in [2.75, 3.05) is 11.5 Å². The topological polar surface area (TPSA) is 99.1 Å². The molecule has 1 saturated heterocycles. The van der Waals surface area contributed by atoms with Gasteiger partial charge in [0.25, 0.3) is 0 Å². The second kappa shape index (κ2) is 4.97. The maximum absolute atomic E-state index is 11.4. The minimum absolute atomic E-state index is 0.116. The molecule has 0 amide bonds. The molecule has 1 aliphatic rings. The van der Waals surface area contributed by atoms with E-state index in [1.165, 1.54) is 0 Å². The van der Waals surface area contributed by atoms with Crippen LogP contribution in [0.2, 0.25) is 0 Å². The van der Waals surface area contributed by atoms with E-state index >= 15 is 0 Å². The summed E-state index contributed by atoms with van der Waals surface area (Å²) in [5.74, 6) is 1.51. The Kier molecular flexibility index (Phi) is 3.72. The van der Waals surface area contributed by atoms with Gasteiger partial charge in [-0.15, -0.1) is 0 Å². The SMILES string of the molecule is CC(C)C[C@@H](N)c1nc(C2CCS(=O)(=O)C2)no1. The van der Waals surface area contributed by atoms with E-state index in [0.29, 0.717) is 24.1 Å². The van der Waals surface area contributed by atoms with Crippen molar-refractivity contribution in [2.24, 2.45) is 11.7 Å². The van der Waals surface area contributed by atoms with Gasteiger partial charge < -0.3 is 10.3 Å². The second-order valence-electron chi connectivity index (χ2n) is 5.33. The van der Waals surface area contributed by atoms with Crippen LogP contribution in [0.15, 0.2) is 4.52 Å². The normalized spacial score (nSPS) is 24.6. The highest BCUT2D eigenvalue weighted by molar-refractivity contribution is 7.91. The van der Waals surface area contributed by atoms with Crippen LogP contribution in [0.25, 0.3) is 0 Å². The number of nitrogens with zero attached hydrogens (tertiary/aromatic N) is 2. The maximum Gasteiger partial charge on any atom is 0.243 e. The summed E-state index contributed by atoms with van der Waals surface area (Å²) >= 11 is 0. The van der Waals surface area contributed by atoms with Crippen molar-refractivity contribution >= 4 is 9.84 Å². The van der Waals surface area contributed by atoms with Crippen molar-refractivity contribution < 1.29 is 12.9 Å². The predicted molar refractivity (Wildman–Crippen MR) is 66.7 cm³/mol. The summed E-state index contributed by atoms with van der Waals surface area (Å²) in [6, 6.07) is -0.274. The number of nitrogens with two attached hydrogens (primary N) is 1. The molecule has 2 atom stereocenters. The van der Waals surface area contributed by atoms with Crippen LogP contribution < -0.4 is 5.73 Å². The first-order chi connectivity index (χ1) is 8.37. The molecule has 2 N–H and O–H groups in total. The molecule has 6 nitrogen and oxygen atoms in total. The maximum atomic E-state index is 11.4. The molecule has 2 heterocycles. The lowest BCUT2D eigenvalue weighted by Gasteiger charge is -2.08. The minimum Gasteiger partial charge on any atom is -0.338 e. The van der Waals surface area contributed by atoms with Crippen molar-refractivity contribution in [2.45, 2.75) is 38.6 Å². The lowest BCUT2D eigenvalue weighted by atomic mass is 10.0. The Morgan fingerprint density at radius 1 is 1.50 bits per heavy atom. The Morgan fingerprint density at radius 3 is 2.78 bits per heavy atom. The van der Waals surface area contributed by atoms with Crippen LogP contribution in [0.3, 0.4) is 0 Å². The first-order valence-electron chi connectivity index (χ1n) is 6.17. The molecule has 1 fully saturated rings. The molecular weight excluding hydrogens is 254 g/mol. The highest BCUT2D eigenvalue weighted by Crippen LogP contribution is 2.28. The average molecular weight is 273 g/mol. The summed E-state index contributed by atoms with van der Waals surface area (Å²) < 4.78 is 27.9. The van der Waals surface area contributed by atoms with Crippen LogP contribution in [-0.2, 0) is 9.84 Å². The van der Waals surface area contributed by atoms with Crippen molar-refractivity contribution in [3.63, 3.8) is 0 Å². The van der Waals surface area contributed by atoms with E-state index in [1.54, 1.807) is 0 Å². The molecule has 1 aromatic rings. The van der Waals surface area contributed by atoms with Gasteiger partial charge in [-0.25, -0.2) is 8.42 Å². The molecule has 2 rings (SSSR count). The van der Waals surface area contributed by atoms with Gasteiger partial charge in [0.2, 0.25) is 5.89 Å². The van der Waals surface area contributed by atoms with Crippen LogP contribution in [0, 0.1) is 5.92 Å². The Hall–Kier alpha value is -0.950. The molecule has 0 radical (unpaired) electrons. The van der Waals surface area contributed by atoms with Gasteiger partial charge in [-0.1, -0.05) is 19.0 Å². The third kappa shape index (κ3) is 3.08. The van der Waals surface area contributed by atoms with E-state index in [-0.39, 0.29) is 23.5 Å². The second-order valence-corrected chi connectivity index (χ2v) is 7.56. The highest BCUT2D eigenvalue weighted by atomic mass is 32.2. The molecule has 0 aromatic carbocycles. The quantitative estimate of drug-likeness (QED) is 0.879. The van der Waals surface area contributed by atoms with Gasteiger partial charge >= 0.3 is 0 Å². The molecule has 18 heavy (non-hydrogen) atoms. The average Bonchev–Trinajstić information content (AvgIpc) is 2.82. The Bertz CT molecular complexity index is 509. The molecule has 102 valence electrons. The molecule has 1 aromatic heterocycles. The molecular formula is C11H19N3O3S. The lowest BCUT2D eigenvalue weighted by molar-refractivity contribution is 0.331. The van der Waals surface area contributed by atoms with E-state index in [9.17, 15) is 8.42 Å². The number of hydrogen-bond acceptors (Lipinski definition) is 6. The van der Waals surface area contributed by atoms with Gasteiger partial charge in [0, 0.05) is 5.92 Å². The van der Waals surface area contributed by atoms with Gasteiger partial charge in [-0.2, -0.15) is 4.98 Å². The van der Waals surface area contributed by atoms with E-state index in [4.69, 9.17) is 10.3 Å². The van der Waals surface area contributed by atoms with Crippen LogP contribution in [0.5, 0.6) is 0 Å². The fourth-order valence-electron chi connectivity index (χ4n) is 2.17. The monoisotopic (exact) mass is 273 g/mol. The number of sulfone groups is 1. The van der Waals surface area contributed by atoms with Crippen LogP contribution >= 0.6 is 0 Å². The molecule has 1 unspecified atom stereocenters. The smallest absolute Gasteiger partial charge is 0.243 e. The van der Waals surface area contributed by atoms with E-state index in [2.05, 4.69) is 24.0 Å². The minimum atomic E-state index is -2.93. The zero-order chi connectivity index (χ0) is 13.3. The molecule has 1 aliphatic heterocycles. The van der Waals surface area contributed by atoms with Gasteiger partial charge in [-0.3, -0.25) is 0 Å². The highest BCUT2D eigenvalue weighted by Gasteiger charge is 2.32.